The van der Waals surface area contributed by atoms with E-state index in [1.54, 1.807) is 11.5 Å². The monoisotopic (exact) mass is 147 g/mol. The van der Waals surface area contributed by atoms with Gasteiger partial charge in [-0.2, -0.15) is 12.6 Å². The molecule has 0 saturated heterocycles. The van der Waals surface area contributed by atoms with E-state index in [1.165, 1.54) is 0 Å². The summed E-state index contributed by atoms with van der Waals surface area (Å²) in [5.41, 5.74) is 1.04. The molecular weight excluding hydrogens is 140 g/mol. The Bertz CT molecular complexity index is 172. The second-order valence-electron chi connectivity index (χ2n) is 1.44. The first-order valence-corrected chi connectivity index (χ1v) is 3.72. The maximum Gasteiger partial charge on any atom is 0.180 e. The maximum atomic E-state index is 4.09. The fourth-order valence-electron chi connectivity index (χ4n) is 0.434. The third-order valence-corrected chi connectivity index (χ3v) is 1.86. The van der Waals surface area contributed by atoms with Gasteiger partial charge in [0.2, 0.25) is 0 Å². The second kappa shape index (κ2) is 2.46. The molecule has 0 bridgehead atoms. The van der Waals surface area contributed by atoms with Gasteiger partial charge >= 0.3 is 0 Å². The molecule has 0 aliphatic carbocycles. The highest BCUT2D eigenvalue weighted by molar-refractivity contribution is 7.79. The zero-order chi connectivity index (χ0) is 5.98. The van der Waals surface area contributed by atoms with Crippen molar-refractivity contribution in [3.05, 3.63) is 11.1 Å². The molecule has 0 aliphatic rings. The number of hydrogen-bond acceptors (Lipinski definition) is 3. The van der Waals surface area contributed by atoms with Gasteiger partial charge in [-0.1, -0.05) is 0 Å². The minimum absolute atomic E-state index is 0.733. The van der Waals surface area contributed by atoms with E-state index in [-0.39, 0.29) is 0 Å². The zero-order valence-electron chi connectivity index (χ0n) is 4.53. The Kier molecular flexibility index (Phi) is 1.85. The van der Waals surface area contributed by atoms with Gasteiger partial charge < -0.3 is 0 Å². The Balaban J connectivity index is 2.84. The number of nitrogens with zero attached hydrogens (tertiary/aromatic N) is 2. The van der Waals surface area contributed by atoms with Crippen molar-refractivity contribution >= 4 is 24.2 Å². The SMILES string of the molecule is C[n+]1nc(CS)cs1. The lowest BCUT2D eigenvalue weighted by Crippen LogP contribution is -2.25. The van der Waals surface area contributed by atoms with Crippen LogP contribution in [0.15, 0.2) is 5.38 Å². The van der Waals surface area contributed by atoms with E-state index < -0.39 is 0 Å². The number of aromatic nitrogens is 2. The molecule has 4 heteroatoms. The van der Waals surface area contributed by atoms with Gasteiger partial charge in [-0.3, -0.25) is 0 Å². The van der Waals surface area contributed by atoms with Gasteiger partial charge in [0.25, 0.3) is 0 Å². The lowest BCUT2D eigenvalue weighted by molar-refractivity contribution is -0.663. The summed E-state index contributed by atoms with van der Waals surface area (Å²) >= 11 is 5.64. The molecule has 2 nitrogen and oxygen atoms in total. The van der Waals surface area contributed by atoms with Crippen LogP contribution in [0.2, 0.25) is 0 Å². The molecular formula is C4H7N2S2+. The average Bonchev–Trinajstić information content (AvgIpc) is 2.14. The van der Waals surface area contributed by atoms with Crippen LogP contribution >= 0.6 is 24.2 Å². The van der Waals surface area contributed by atoms with Gasteiger partial charge in [0.1, 0.15) is 5.69 Å². The van der Waals surface area contributed by atoms with Crippen LogP contribution in [0.25, 0.3) is 0 Å². The zero-order valence-corrected chi connectivity index (χ0v) is 6.25. The summed E-state index contributed by atoms with van der Waals surface area (Å²) < 4.78 is 1.81. The van der Waals surface area contributed by atoms with Crippen molar-refractivity contribution in [3.63, 3.8) is 0 Å². The minimum atomic E-state index is 0.733. The van der Waals surface area contributed by atoms with Crippen LogP contribution in [-0.4, -0.2) is 5.10 Å². The molecule has 0 radical (unpaired) electrons. The van der Waals surface area contributed by atoms with E-state index in [0.29, 0.717) is 0 Å². The smallest absolute Gasteiger partial charge is 0.173 e. The Morgan fingerprint density at radius 2 is 2.75 bits per heavy atom. The van der Waals surface area contributed by atoms with E-state index in [2.05, 4.69) is 17.7 Å². The van der Waals surface area contributed by atoms with Crippen molar-refractivity contribution in [2.24, 2.45) is 7.05 Å². The van der Waals surface area contributed by atoms with Crippen molar-refractivity contribution in [1.82, 2.24) is 5.10 Å². The predicted octanol–water partition coefficient (Wildman–Crippen LogP) is 0.397. The van der Waals surface area contributed by atoms with Crippen molar-refractivity contribution in [2.45, 2.75) is 5.75 Å². The molecule has 1 heterocycles. The molecule has 8 heavy (non-hydrogen) atoms. The summed E-state index contributed by atoms with van der Waals surface area (Å²) in [7, 11) is 1.91. The predicted molar refractivity (Wildman–Crippen MR) is 36.0 cm³/mol. The number of aryl methyl sites for hydroxylation is 1. The molecule has 0 N–H and O–H groups in total. The molecule has 1 rings (SSSR count). The van der Waals surface area contributed by atoms with E-state index >= 15 is 0 Å². The first-order valence-electron chi connectivity index (χ1n) is 2.25. The molecule has 0 unspecified atom stereocenters. The molecule has 0 aromatic carbocycles. The highest BCUT2D eigenvalue weighted by Gasteiger charge is 1.99. The van der Waals surface area contributed by atoms with E-state index in [4.69, 9.17) is 0 Å². The molecule has 0 atom stereocenters. The quantitative estimate of drug-likeness (QED) is 0.449. The van der Waals surface area contributed by atoms with Crippen LogP contribution in [0.1, 0.15) is 5.69 Å². The molecule has 1 aromatic heterocycles. The maximum absolute atomic E-state index is 4.09. The number of rotatable bonds is 1. The molecule has 0 aliphatic heterocycles. The van der Waals surface area contributed by atoms with E-state index in [0.717, 1.165) is 11.4 Å². The Morgan fingerprint density at radius 3 is 3.00 bits per heavy atom. The van der Waals surface area contributed by atoms with Crippen molar-refractivity contribution in [3.8, 4) is 0 Å². The van der Waals surface area contributed by atoms with Gasteiger partial charge in [0.15, 0.2) is 18.6 Å². The summed E-state index contributed by atoms with van der Waals surface area (Å²) in [4.78, 5) is 0. The van der Waals surface area contributed by atoms with E-state index in [1.807, 2.05) is 16.5 Å². The standard InChI is InChI=1S/C4H6N2S2/c1-6-5-4(2-7)3-8-6/h3H,2H2,1H3/p+1. The third-order valence-electron chi connectivity index (χ3n) is 0.773. The first-order chi connectivity index (χ1) is 3.83. The van der Waals surface area contributed by atoms with Crippen LogP contribution in [0.5, 0.6) is 0 Å². The van der Waals surface area contributed by atoms with Crippen LogP contribution < -0.4 is 4.07 Å². The third kappa shape index (κ3) is 1.20. The fraction of sp³-hybridized carbons (Fsp3) is 0.500. The Hall–Kier alpha value is -0.0900. The summed E-state index contributed by atoms with van der Waals surface area (Å²) in [6.45, 7) is 0. The van der Waals surface area contributed by atoms with Gasteiger partial charge in [-0.15, -0.1) is 0 Å². The molecule has 0 amide bonds. The molecule has 1 aromatic rings. The van der Waals surface area contributed by atoms with Gasteiger partial charge in [-0.25, -0.2) is 0 Å². The van der Waals surface area contributed by atoms with Crippen LogP contribution in [0.4, 0.5) is 0 Å². The van der Waals surface area contributed by atoms with Gasteiger partial charge in [-0.05, 0) is 4.07 Å². The summed E-state index contributed by atoms with van der Waals surface area (Å²) in [6.07, 6.45) is 0. The lowest BCUT2D eigenvalue weighted by atomic mass is 10.6. The Labute approximate surface area is 57.7 Å². The number of thiol groups is 1. The first kappa shape index (κ1) is 6.04. The van der Waals surface area contributed by atoms with Crippen LogP contribution in [-0.2, 0) is 12.8 Å². The molecule has 0 saturated carbocycles. The van der Waals surface area contributed by atoms with Crippen molar-refractivity contribution in [1.29, 1.82) is 0 Å². The van der Waals surface area contributed by atoms with Crippen LogP contribution in [0.3, 0.4) is 0 Å². The van der Waals surface area contributed by atoms with Gasteiger partial charge in [0.05, 0.1) is 5.38 Å². The average molecular weight is 147 g/mol. The molecule has 0 fully saturated rings. The second-order valence-corrected chi connectivity index (χ2v) is 2.73. The van der Waals surface area contributed by atoms with Gasteiger partial charge in [0, 0.05) is 10.9 Å². The largest absolute Gasteiger partial charge is 0.180 e. The molecule has 0 spiro atoms. The summed E-state index contributed by atoms with van der Waals surface area (Å²) in [5.74, 6) is 0.733. The fourth-order valence-corrected chi connectivity index (χ4v) is 1.27. The highest BCUT2D eigenvalue weighted by Crippen LogP contribution is 1.97. The Morgan fingerprint density at radius 1 is 2.00 bits per heavy atom. The summed E-state index contributed by atoms with van der Waals surface area (Å²) in [5, 5.41) is 6.08. The summed E-state index contributed by atoms with van der Waals surface area (Å²) in [6, 6.07) is 0. The normalized spacial score (nSPS) is 9.75. The lowest BCUT2D eigenvalue weighted by Gasteiger charge is -1.72. The van der Waals surface area contributed by atoms with Crippen LogP contribution in [0, 0.1) is 0 Å². The van der Waals surface area contributed by atoms with Crippen molar-refractivity contribution in [2.75, 3.05) is 0 Å². The van der Waals surface area contributed by atoms with Crippen molar-refractivity contribution < 1.29 is 4.07 Å². The minimum Gasteiger partial charge on any atom is -0.173 e. The molecule has 44 valence electrons. The number of hydrogen-bond donors (Lipinski definition) is 1. The highest BCUT2D eigenvalue weighted by atomic mass is 32.1. The topological polar surface area (TPSA) is 16.8 Å². The van der Waals surface area contributed by atoms with E-state index in [9.17, 15) is 0 Å².